The molecule has 2 rings (SSSR count). The molecule has 0 fully saturated rings. The van der Waals surface area contributed by atoms with Gasteiger partial charge in [-0.1, -0.05) is 12.1 Å². The maximum absolute atomic E-state index is 13.2. The molecule has 0 saturated heterocycles. The van der Waals surface area contributed by atoms with Crippen molar-refractivity contribution in [3.63, 3.8) is 0 Å². The fourth-order valence-electron chi connectivity index (χ4n) is 1.33. The molecule has 1 aromatic carbocycles. The third kappa shape index (κ3) is 2.88. The third-order valence-electron chi connectivity index (χ3n) is 2.21. The number of ether oxygens (including phenoxy) is 1. The molecule has 0 radical (unpaired) electrons. The van der Waals surface area contributed by atoms with E-state index in [0.29, 0.717) is 15.8 Å². The van der Waals surface area contributed by atoms with E-state index in [0.717, 1.165) is 11.3 Å². The number of aromatic carboxylic acids is 1. The van der Waals surface area contributed by atoms with Gasteiger partial charge in [-0.25, -0.2) is 9.18 Å². The van der Waals surface area contributed by atoms with Gasteiger partial charge < -0.3 is 9.84 Å². The number of thiophene rings is 1. The number of carbonyl (C=O) groups is 1. The van der Waals surface area contributed by atoms with Gasteiger partial charge in [0.15, 0.2) is 0 Å². The zero-order chi connectivity index (χ0) is 13.1. The normalized spacial score (nSPS) is 10.3. The molecule has 1 N–H and O–H groups in total. The van der Waals surface area contributed by atoms with Gasteiger partial charge in [0.1, 0.15) is 23.1 Å². The number of benzene rings is 1. The van der Waals surface area contributed by atoms with E-state index in [4.69, 9.17) is 9.84 Å². The molecule has 6 heteroatoms. The fourth-order valence-corrected chi connectivity index (χ4v) is 2.37. The van der Waals surface area contributed by atoms with Crippen LogP contribution in [0.1, 0.15) is 15.2 Å². The zero-order valence-electron chi connectivity index (χ0n) is 9.02. The van der Waals surface area contributed by atoms with Crippen molar-refractivity contribution in [2.24, 2.45) is 0 Å². The average molecular weight is 331 g/mol. The van der Waals surface area contributed by atoms with Crippen LogP contribution >= 0.6 is 27.3 Å². The minimum atomic E-state index is -0.984. The molecular weight excluding hydrogens is 323 g/mol. The van der Waals surface area contributed by atoms with Crippen LogP contribution in [0.2, 0.25) is 0 Å². The zero-order valence-corrected chi connectivity index (χ0v) is 11.4. The molecule has 0 aliphatic carbocycles. The number of carboxylic acid groups (broad SMARTS) is 1. The Kier molecular flexibility index (Phi) is 3.98. The van der Waals surface area contributed by atoms with Crippen molar-refractivity contribution in [1.29, 1.82) is 0 Å². The molecule has 0 unspecified atom stereocenters. The van der Waals surface area contributed by atoms with Crippen LogP contribution < -0.4 is 4.74 Å². The van der Waals surface area contributed by atoms with Crippen molar-refractivity contribution >= 4 is 33.2 Å². The van der Waals surface area contributed by atoms with Crippen LogP contribution in [0.15, 0.2) is 34.1 Å². The largest absolute Gasteiger partial charge is 0.488 e. The Morgan fingerprint density at radius 3 is 2.94 bits per heavy atom. The maximum atomic E-state index is 13.2. The van der Waals surface area contributed by atoms with Gasteiger partial charge in [-0.3, -0.25) is 0 Å². The highest BCUT2D eigenvalue weighted by Crippen LogP contribution is 2.25. The first kappa shape index (κ1) is 13.0. The average Bonchev–Trinajstić information content (AvgIpc) is 2.80. The molecule has 0 aliphatic rings. The lowest BCUT2D eigenvalue weighted by Crippen LogP contribution is -1.97. The summed E-state index contributed by atoms with van der Waals surface area (Å²) in [6.45, 7) is 0.175. The lowest BCUT2D eigenvalue weighted by Gasteiger charge is -2.06. The summed E-state index contributed by atoms with van der Waals surface area (Å²) in [6.07, 6.45) is 0. The van der Waals surface area contributed by atoms with E-state index in [1.165, 1.54) is 12.1 Å². The number of halogens is 2. The molecule has 0 aliphatic heterocycles. The van der Waals surface area contributed by atoms with E-state index in [9.17, 15) is 9.18 Å². The summed E-state index contributed by atoms with van der Waals surface area (Å²) < 4.78 is 19.0. The molecule has 1 heterocycles. The maximum Gasteiger partial charge on any atom is 0.346 e. The number of carboxylic acids is 1. The van der Waals surface area contributed by atoms with E-state index in [1.54, 1.807) is 17.5 Å². The topological polar surface area (TPSA) is 46.5 Å². The summed E-state index contributed by atoms with van der Waals surface area (Å²) in [5.41, 5.74) is 0.665. The van der Waals surface area contributed by atoms with Crippen LogP contribution in [0.4, 0.5) is 4.39 Å². The van der Waals surface area contributed by atoms with Crippen molar-refractivity contribution in [2.75, 3.05) is 0 Å². The highest BCUT2D eigenvalue weighted by Gasteiger charge is 2.09. The lowest BCUT2D eigenvalue weighted by atomic mass is 10.2. The fraction of sp³-hybridized carbons (Fsp3) is 0.0833. The Balaban J connectivity index is 2.07. The Bertz CT molecular complexity index is 582. The van der Waals surface area contributed by atoms with Gasteiger partial charge in [0.2, 0.25) is 0 Å². The summed E-state index contributed by atoms with van der Waals surface area (Å²) in [5, 5.41) is 10.4. The van der Waals surface area contributed by atoms with E-state index < -0.39 is 5.97 Å². The summed E-state index contributed by atoms with van der Waals surface area (Å²) in [5.74, 6) is -0.872. The number of hydrogen-bond donors (Lipinski definition) is 1. The van der Waals surface area contributed by atoms with Gasteiger partial charge in [-0.15, -0.1) is 11.3 Å². The molecular formula is C12H8BrFO3S. The highest BCUT2D eigenvalue weighted by atomic mass is 79.9. The molecule has 0 spiro atoms. The Labute approximate surface area is 115 Å². The molecule has 3 nitrogen and oxygen atoms in total. The first-order chi connectivity index (χ1) is 8.58. The van der Waals surface area contributed by atoms with Crippen LogP contribution in [0.3, 0.4) is 0 Å². The first-order valence-corrected chi connectivity index (χ1v) is 6.62. The minimum Gasteiger partial charge on any atom is -0.488 e. The van der Waals surface area contributed by atoms with Crippen molar-refractivity contribution in [2.45, 2.75) is 6.61 Å². The monoisotopic (exact) mass is 330 g/mol. The lowest BCUT2D eigenvalue weighted by molar-refractivity contribution is 0.0702. The van der Waals surface area contributed by atoms with Gasteiger partial charge in [0.05, 0.1) is 4.47 Å². The summed E-state index contributed by atoms with van der Waals surface area (Å²) >= 11 is 4.23. The molecule has 2 aromatic rings. The van der Waals surface area contributed by atoms with E-state index in [1.807, 2.05) is 0 Å². The quantitative estimate of drug-likeness (QED) is 0.923. The summed E-state index contributed by atoms with van der Waals surface area (Å²) in [4.78, 5) is 10.9. The van der Waals surface area contributed by atoms with Crippen LogP contribution in [-0.2, 0) is 6.61 Å². The van der Waals surface area contributed by atoms with Gasteiger partial charge >= 0.3 is 5.97 Å². The summed E-state index contributed by atoms with van der Waals surface area (Å²) in [7, 11) is 0. The molecule has 94 valence electrons. The Hall–Kier alpha value is -1.40. The second kappa shape index (κ2) is 5.49. The SMILES string of the molecule is O=C(O)c1cc(OCc2cccc(F)c2Br)cs1. The Morgan fingerprint density at radius 2 is 2.28 bits per heavy atom. The van der Waals surface area contributed by atoms with E-state index >= 15 is 0 Å². The molecule has 18 heavy (non-hydrogen) atoms. The number of rotatable bonds is 4. The van der Waals surface area contributed by atoms with Crippen molar-refractivity contribution in [3.05, 3.63) is 50.4 Å². The highest BCUT2D eigenvalue weighted by molar-refractivity contribution is 9.10. The van der Waals surface area contributed by atoms with Crippen LogP contribution in [-0.4, -0.2) is 11.1 Å². The third-order valence-corrected chi connectivity index (χ3v) is 4.00. The second-order valence-corrected chi connectivity index (χ2v) is 5.16. The van der Waals surface area contributed by atoms with Crippen LogP contribution in [0.5, 0.6) is 5.75 Å². The van der Waals surface area contributed by atoms with E-state index in [2.05, 4.69) is 15.9 Å². The van der Waals surface area contributed by atoms with Crippen LogP contribution in [0.25, 0.3) is 0 Å². The standard InChI is InChI=1S/C12H8BrFO3S/c13-11-7(2-1-3-9(11)14)5-17-8-4-10(12(15)16)18-6-8/h1-4,6H,5H2,(H,15,16). The molecule has 0 atom stereocenters. The molecule has 0 saturated carbocycles. The van der Waals surface area contributed by atoms with Gasteiger partial charge in [-0.2, -0.15) is 0 Å². The smallest absolute Gasteiger partial charge is 0.346 e. The number of hydrogen-bond acceptors (Lipinski definition) is 3. The minimum absolute atomic E-state index is 0.175. The van der Waals surface area contributed by atoms with Crippen LogP contribution in [0, 0.1) is 5.82 Å². The Morgan fingerprint density at radius 1 is 1.50 bits per heavy atom. The predicted octanol–water partition coefficient (Wildman–Crippen LogP) is 3.93. The molecule has 0 amide bonds. The van der Waals surface area contributed by atoms with E-state index in [-0.39, 0.29) is 17.3 Å². The van der Waals surface area contributed by atoms with Crippen molar-refractivity contribution in [1.82, 2.24) is 0 Å². The van der Waals surface area contributed by atoms with Gasteiger partial charge in [0.25, 0.3) is 0 Å². The predicted molar refractivity (Wildman–Crippen MR) is 69.7 cm³/mol. The first-order valence-electron chi connectivity index (χ1n) is 4.95. The van der Waals surface area contributed by atoms with Gasteiger partial charge in [-0.05, 0) is 22.0 Å². The molecule has 1 aromatic heterocycles. The second-order valence-electron chi connectivity index (χ2n) is 3.45. The summed E-state index contributed by atoms with van der Waals surface area (Å²) in [6, 6.07) is 6.12. The van der Waals surface area contributed by atoms with Crippen molar-refractivity contribution in [3.8, 4) is 5.75 Å². The van der Waals surface area contributed by atoms with Gasteiger partial charge in [0, 0.05) is 17.0 Å². The van der Waals surface area contributed by atoms with Crippen molar-refractivity contribution < 1.29 is 19.0 Å². The molecule has 0 bridgehead atoms.